The molecule has 0 bridgehead atoms. The first kappa shape index (κ1) is 18.9. The van der Waals surface area contributed by atoms with Gasteiger partial charge in [-0.3, -0.25) is 9.68 Å². The van der Waals surface area contributed by atoms with Crippen molar-refractivity contribution < 1.29 is 19.7 Å². The van der Waals surface area contributed by atoms with Gasteiger partial charge in [0, 0.05) is 12.0 Å². The van der Waals surface area contributed by atoms with E-state index in [0.29, 0.717) is 6.42 Å². The molecular formula is C21H24O4. The van der Waals surface area contributed by atoms with E-state index in [0.717, 1.165) is 27.8 Å². The van der Waals surface area contributed by atoms with Crippen molar-refractivity contribution in [2.24, 2.45) is 0 Å². The zero-order valence-corrected chi connectivity index (χ0v) is 15.3. The molecule has 2 aromatic carbocycles. The van der Waals surface area contributed by atoms with Gasteiger partial charge < -0.3 is 0 Å². The standard InChI is InChI=1S/C21H24O4/c1-13-10-14(2)19(15(3)11-13)18(22)12-21(4,5)17-8-6-16(7-9-17)20(23)25-24/h6-11,24H,12H2,1-5H3. The lowest BCUT2D eigenvalue weighted by molar-refractivity contribution is -0.182. The zero-order chi connectivity index (χ0) is 18.8. The van der Waals surface area contributed by atoms with Gasteiger partial charge in [-0.1, -0.05) is 43.7 Å². The Bertz CT molecular complexity index is 778. The fourth-order valence-corrected chi connectivity index (χ4v) is 3.32. The molecular weight excluding hydrogens is 316 g/mol. The second kappa shape index (κ2) is 7.19. The fourth-order valence-electron chi connectivity index (χ4n) is 3.32. The first-order valence-electron chi connectivity index (χ1n) is 8.23. The number of carbonyl (C=O) groups excluding carboxylic acids is 2. The molecule has 4 heteroatoms. The lowest BCUT2D eigenvalue weighted by atomic mass is 9.78. The van der Waals surface area contributed by atoms with Crippen LogP contribution < -0.4 is 0 Å². The molecule has 4 nitrogen and oxygen atoms in total. The Kier molecular flexibility index (Phi) is 5.43. The van der Waals surface area contributed by atoms with Crippen LogP contribution in [0, 0.1) is 20.8 Å². The summed E-state index contributed by atoms with van der Waals surface area (Å²) in [5.74, 6) is -0.690. The molecule has 132 valence electrons. The maximum atomic E-state index is 12.9. The molecule has 0 saturated heterocycles. The van der Waals surface area contributed by atoms with Crippen LogP contribution in [0.1, 0.15) is 63.2 Å². The van der Waals surface area contributed by atoms with Crippen molar-refractivity contribution in [1.82, 2.24) is 0 Å². The van der Waals surface area contributed by atoms with Crippen molar-refractivity contribution in [3.8, 4) is 0 Å². The Morgan fingerprint density at radius 2 is 1.52 bits per heavy atom. The van der Waals surface area contributed by atoms with Crippen LogP contribution in [0.3, 0.4) is 0 Å². The van der Waals surface area contributed by atoms with E-state index in [4.69, 9.17) is 5.26 Å². The van der Waals surface area contributed by atoms with E-state index < -0.39 is 5.97 Å². The minimum Gasteiger partial charge on any atom is -0.296 e. The largest absolute Gasteiger partial charge is 0.372 e. The van der Waals surface area contributed by atoms with E-state index in [1.807, 2.05) is 46.8 Å². The highest BCUT2D eigenvalue weighted by molar-refractivity contribution is 5.99. The van der Waals surface area contributed by atoms with Gasteiger partial charge in [-0.15, -0.1) is 0 Å². The third kappa shape index (κ3) is 4.15. The predicted molar refractivity (Wildman–Crippen MR) is 97.1 cm³/mol. The van der Waals surface area contributed by atoms with Gasteiger partial charge in [0.2, 0.25) is 0 Å². The first-order chi connectivity index (χ1) is 11.7. The Morgan fingerprint density at radius 3 is 2.00 bits per heavy atom. The highest BCUT2D eigenvalue weighted by atomic mass is 17.1. The van der Waals surface area contributed by atoms with Gasteiger partial charge in [0.05, 0.1) is 5.56 Å². The average Bonchev–Trinajstić information content (AvgIpc) is 2.52. The molecule has 0 fully saturated rings. The second-order valence-electron chi connectivity index (χ2n) is 7.21. The minimum absolute atomic E-state index is 0.110. The van der Waals surface area contributed by atoms with Crippen LogP contribution in [0.2, 0.25) is 0 Å². The summed E-state index contributed by atoms with van der Waals surface area (Å²) in [5, 5.41) is 8.44. The lowest BCUT2D eigenvalue weighted by Gasteiger charge is -2.25. The molecule has 0 aliphatic rings. The minimum atomic E-state index is -0.800. The molecule has 0 aliphatic heterocycles. The van der Waals surface area contributed by atoms with E-state index in [1.54, 1.807) is 24.3 Å². The molecule has 0 heterocycles. The summed E-state index contributed by atoms with van der Waals surface area (Å²) >= 11 is 0. The molecule has 2 rings (SSSR count). The van der Waals surface area contributed by atoms with Gasteiger partial charge in [-0.25, -0.2) is 4.79 Å². The summed E-state index contributed by atoms with van der Waals surface area (Å²) in [6, 6.07) is 10.8. The topological polar surface area (TPSA) is 63.6 Å². The summed E-state index contributed by atoms with van der Waals surface area (Å²) in [4.78, 5) is 27.9. The van der Waals surface area contributed by atoms with Crippen molar-refractivity contribution >= 4 is 11.8 Å². The molecule has 0 aromatic heterocycles. The molecule has 25 heavy (non-hydrogen) atoms. The van der Waals surface area contributed by atoms with Gasteiger partial charge in [-0.05, 0) is 55.0 Å². The predicted octanol–water partition coefficient (Wildman–Crippen LogP) is 4.79. The van der Waals surface area contributed by atoms with Crippen molar-refractivity contribution in [3.63, 3.8) is 0 Å². The molecule has 0 unspecified atom stereocenters. The van der Waals surface area contributed by atoms with Crippen molar-refractivity contribution in [3.05, 3.63) is 69.8 Å². The van der Waals surface area contributed by atoms with Crippen LogP contribution in [-0.4, -0.2) is 17.0 Å². The average molecular weight is 340 g/mol. The third-order valence-electron chi connectivity index (χ3n) is 4.54. The van der Waals surface area contributed by atoms with Crippen molar-refractivity contribution in [2.75, 3.05) is 0 Å². The fraction of sp³-hybridized carbons (Fsp3) is 0.333. The van der Waals surface area contributed by atoms with Crippen LogP contribution >= 0.6 is 0 Å². The van der Waals surface area contributed by atoms with Crippen LogP contribution in [0.15, 0.2) is 36.4 Å². The number of hydrogen-bond acceptors (Lipinski definition) is 4. The summed E-state index contributed by atoms with van der Waals surface area (Å²) < 4.78 is 0. The number of rotatable bonds is 5. The SMILES string of the molecule is Cc1cc(C)c(C(=O)CC(C)(C)c2ccc(C(=O)OO)cc2)c(C)c1. The zero-order valence-electron chi connectivity index (χ0n) is 15.3. The van der Waals surface area contributed by atoms with E-state index in [2.05, 4.69) is 4.89 Å². The number of carbonyl (C=O) groups is 2. The highest BCUT2D eigenvalue weighted by Crippen LogP contribution is 2.30. The first-order valence-corrected chi connectivity index (χ1v) is 8.23. The third-order valence-corrected chi connectivity index (χ3v) is 4.54. The van der Waals surface area contributed by atoms with Gasteiger partial charge >= 0.3 is 5.97 Å². The maximum Gasteiger partial charge on any atom is 0.372 e. The van der Waals surface area contributed by atoms with Crippen LogP contribution in [0.25, 0.3) is 0 Å². The number of aryl methyl sites for hydroxylation is 3. The Balaban J connectivity index is 2.26. The van der Waals surface area contributed by atoms with Crippen molar-refractivity contribution in [2.45, 2.75) is 46.5 Å². The summed E-state index contributed by atoms with van der Waals surface area (Å²) in [7, 11) is 0. The molecule has 0 aliphatic carbocycles. The molecule has 0 saturated carbocycles. The van der Waals surface area contributed by atoms with Gasteiger partial charge in [-0.2, -0.15) is 5.26 Å². The normalized spacial score (nSPS) is 11.3. The number of benzene rings is 2. The van der Waals surface area contributed by atoms with Crippen molar-refractivity contribution in [1.29, 1.82) is 0 Å². The summed E-state index contributed by atoms with van der Waals surface area (Å²) in [5.41, 5.74) is 4.76. The van der Waals surface area contributed by atoms with E-state index >= 15 is 0 Å². The molecule has 1 N–H and O–H groups in total. The number of ketones is 1. The lowest BCUT2D eigenvalue weighted by Crippen LogP contribution is -2.23. The Morgan fingerprint density at radius 1 is 1.00 bits per heavy atom. The summed E-state index contributed by atoms with van der Waals surface area (Å²) in [6.07, 6.45) is 0.363. The molecule has 0 radical (unpaired) electrons. The smallest absolute Gasteiger partial charge is 0.296 e. The Labute approximate surface area is 148 Å². The van der Waals surface area contributed by atoms with E-state index in [9.17, 15) is 9.59 Å². The molecule has 2 aromatic rings. The molecule has 0 spiro atoms. The van der Waals surface area contributed by atoms with Crippen LogP contribution in [0.4, 0.5) is 0 Å². The van der Waals surface area contributed by atoms with Crippen LogP contribution in [-0.2, 0) is 10.3 Å². The quantitative estimate of drug-likeness (QED) is 0.483. The summed E-state index contributed by atoms with van der Waals surface area (Å²) in [6.45, 7) is 9.97. The van der Waals surface area contributed by atoms with E-state index in [1.165, 1.54) is 0 Å². The second-order valence-corrected chi connectivity index (χ2v) is 7.21. The molecule has 0 amide bonds. The molecule has 0 atom stereocenters. The van der Waals surface area contributed by atoms with Gasteiger partial charge in [0.25, 0.3) is 0 Å². The van der Waals surface area contributed by atoms with Gasteiger partial charge in [0.1, 0.15) is 0 Å². The maximum absolute atomic E-state index is 12.9. The number of Topliss-reactive ketones (excluding diaryl/α,β-unsaturated/α-hetero) is 1. The van der Waals surface area contributed by atoms with E-state index in [-0.39, 0.29) is 16.8 Å². The monoisotopic (exact) mass is 340 g/mol. The van der Waals surface area contributed by atoms with Crippen LogP contribution in [0.5, 0.6) is 0 Å². The van der Waals surface area contributed by atoms with Gasteiger partial charge in [0.15, 0.2) is 5.78 Å². The number of hydrogen-bond donors (Lipinski definition) is 1. The highest BCUT2D eigenvalue weighted by Gasteiger charge is 2.26. The Hall–Kier alpha value is -2.46.